The van der Waals surface area contributed by atoms with Crippen LogP contribution >= 0.6 is 0 Å². The first-order valence-corrected chi connectivity index (χ1v) is 9.61. The Morgan fingerprint density at radius 3 is 2.75 bits per heavy atom. The van der Waals surface area contributed by atoms with Crippen LogP contribution in [0.1, 0.15) is 53.7 Å². The van der Waals surface area contributed by atoms with Gasteiger partial charge in [-0.05, 0) is 56.5 Å². The Kier molecular flexibility index (Phi) is 4.91. The molecule has 0 bridgehead atoms. The Bertz CT molecular complexity index is 873. The number of aromatic nitrogens is 2. The topological polar surface area (TPSA) is 58.9 Å². The summed E-state index contributed by atoms with van der Waals surface area (Å²) in [6.45, 7) is 3.79. The molecule has 1 aromatic carbocycles. The van der Waals surface area contributed by atoms with Gasteiger partial charge in [-0.1, -0.05) is 13.0 Å². The molecule has 2 atom stereocenters. The van der Waals surface area contributed by atoms with Crippen LogP contribution in [0.25, 0.3) is 5.69 Å². The Balaban J connectivity index is 1.64. The first-order chi connectivity index (χ1) is 13.3. The van der Waals surface area contributed by atoms with Gasteiger partial charge < -0.3 is 10.6 Å². The monoisotopic (exact) mass is 392 g/mol. The fraction of sp³-hybridized carbons (Fsp3) is 0.500. The summed E-state index contributed by atoms with van der Waals surface area (Å²) in [5.41, 5.74) is 0.770. The zero-order chi connectivity index (χ0) is 19.9. The van der Waals surface area contributed by atoms with Crippen molar-refractivity contribution in [3.8, 4) is 5.69 Å². The normalized spacial score (nSPS) is 22.9. The summed E-state index contributed by atoms with van der Waals surface area (Å²) in [7, 11) is 0. The molecule has 1 aromatic heterocycles. The van der Waals surface area contributed by atoms with Gasteiger partial charge >= 0.3 is 6.18 Å². The predicted octanol–water partition coefficient (Wildman–Crippen LogP) is 3.50. The molecule has 150 valence electrons. The maximum atomic E-state index is 13.1. The van der Waals surface area contributed by atoms with Gasteiger partial charge in [0, 0.05) is 12.0 Å². The Morgan fingerprint density at radius 1 is 1.29 bits per heavy atom. The summed E-state index contributed by atoms with van der Waals surface area (Å²) in [6.07, 6.45) is -0.264. The molecule has 2 fully saturated rings. The van der Waals surface area contributed by atoms with E-state index >= 15 is 0 Å². The highest BCUT2D eigenvalue weighted by molar-refractivity contribution is 5.95. The Hall–Kier alpha value is -2.35. The summed E-state index contributed by atoms with van der Waals surface area (Å²) in [5.74, 6) is 0.280. The average Bonchev–Trinajstić information content (AvgIpc) is 3.40. The van der Waals surface area contributed by atoms with E-state index in [1.165, 1.54) is 16.9 Å². The lowest BCUT2D eigenvalue weighted by Crippen LogP contribution is -2.48. The lowest BCUT2D eigenvalue weighted by Gasteiger charge is -2.30. The fourth-order valence-electron chi connectivity index (χ4n) is 3.78. The zero-order valence-corrected chi connectivity index (χ0v) is 15.6. The highest BCUT2D eigenvalue weighted by Gasteiger charge is 2.35. The standard InChI is InChI=1S/C20H23F3N4O/c1-12-10-24-8-7-17(12)26-19(28)16-11-25-27(18(16)13-5-6-13)15-4-2-3-14(9-15)20(21,22)23/h2-4,9,11-13,17,24H,5-8,10H2,1H3,(H,26,28). The van der Waals surface area contributed by atoms with Crippen LogP contribution < -0.4 is 10.6 Å². The fourth-order valence-corrected chi connectivity index (χ4v) is 3.78. The summed E-state index contributed by atoms with van der Waals surface area (Å²) in [6, 6.07) is 5.15. The molecule has 8 heteroatoms. The van der Waals surface area contributed by atoms with Crippen LogP contribution in [-0.4, -0.2) is 34.8 Å². The number of rotatable bonds is 4. The molecule has 1 aliphatic heterocycles. The van der Waals surface area contributed by atoms with Gasteiger partial charge in [-0.3, -0.25) is 4.79 Å². The van der Waals surface area contributed by atoms with E-state index in [2.05, 4.69) is 22.7 Å². The summed E-state index contributed by atoms with van der Waals surface area (Å²) in [4.78, 5) is 12.9. The lowest BCUT2D eigenvalue weighted by atomic mass is 9.95. The Morgan fingerprint density at radius 2 is 2.07 bits per heavy atom. The van der Waals surface area contributed by atoms with Crippen LogP contribution in [0.2, 0.25) is 0 Å². The molecule has 2 aromatic rings. The number of alkyl halides is 3. The highest BCUT2D eigenvalue weighted by atomic mass is 19.4. The summed E-state index contributed by atoms with van der Waals surface area (Å²) >= 11 is 0. The average molecular weight is 392 g/mol. The van der Waals surface area contributed by atoms with Crippen LogP contribution in [0.3, 0.4) is 0 Å². The van der Waals surface area contributed by atoms with Crippen molar-refractivity contribution in [1.82, 2.24) is 20.4 Å². The number of nitrogens with zero attached hydrogens (tertiary/aromatic N) is 2. The van der Waals surface area contributed by atoms with Crippen molar-refractivity contribution in [3.05, 3.63) is 47.3 Å². The van der Waals surface area contributed by atoms with Crippen LogP contribution in [0, 0.1) is 5.92 Å². The maximum absolute atomic E-state index is 13.1. The summed E-state index contributed by atoms with van der Waals surface area (Å²) in [5, 5.41) is 10.7. The van der Waals surface area contributed by atoms with Crippen molar-refractivity contribution >= 4 is 5.91 Å². The van der Waals surface area contributed by atoms with Crippen LogP contribution in [0.5, 0.6) is 0 Å². The third-order valence-corrected chi connectivity index (χ3v) is 5.53. The van der Waals surface area contributed by atoms with E-state index in [0.717, 1.165) is 44.5 Å². The molecule has 1 amide bonds. The number of nitrogens with one attached hydrogen (secondary N) is 2. The molecule has 2 heterocycles. The van der Waals surface area contributed by atoms with Crippen LogP contribution in [0.15, 0.2) is 30.5 Å². The third-order valence-electron chi connectivity index (χ3n) is 5.53. The molecule has 1 aliphatic carbocycles. The molecule has 0 radical (unpaired) electrons. The number of halogens is 3. The van der Waals surface area contributed by atoms with Gasteiger partial charge in [0.15, 0.2) is 0 Å². The molecule has 1 saturated heterocycles. The van der Waals surface area contributed by atoms with E-state index in [-0.39, 0.29) is 17.9 Å². The minimum absolute atomic E-state index is 0.0812. The predicted molar refractivity (Wildman–Crippen MR) is 98.4 cm³/mol. The number of hydrogen-bond acceptors (Lipinski definition) is 3. The molecule has 2 unspecified atom stereocenters. The first-order valence-electron chi connectivity index (χ1n) is 9.61. The minimum atomic E-state index is -4.42. The number of amides is 1. The maximum Gasteiger partial charge on any atom is 0.416 e. The number of carbonyl (C=O) groups excluding carboxylic acids is 1. The van der Waals surface area contributed by atoms with Gasteiger partial charge in [0.25, 0.3) is 5.91 Å². The minimum Gasteiger partial charge on any atom is -0.349 e. The molecule has 2 aliphatic rings. The van der Waals surface area contributed by atoms with Gasteiger partial charge in [-0.2, -0.15) is 18.3 Å². The quantitative estimate of drug-likeness (QED) is 0.837. The number of benzene rings is 1. The van der Waals surface area contributed by atoms with Crippen molar-refractivity contribution in [2.24, 2.45) is 5.92 Å². The largest absolute Gasteiger partial charge is 0.416 e. The second-order valence-corrected chi connectivity index (χ2v) is 7.73. The number of carbonyl (C=O) groups is 1. The molecular weight excluding hydrogens is 369 g/mol. The first kappa shape index (κ1) is 19.0. The smallest absolute Gasteiger partial charge is 0.349 e. The Labute approximate surface area is 161 Å². The lowest BCUT2D eigenvalue weighted by molar-refractivity contribution is -0.137. The number of hydrogen-bond donors (Lipinski definition) is 2. The van der Waals surface area contributed by atoms with Gasteiger partial charge in [0.1, 0.15) is 0 Å². The van der Waals surface area contributed by atoms with Crippen molar-refractivity contribution < 1.29 is 18.0 Å². The van der Waals surface area contributed by atoms with Crippen molar-refractivity contribution in [3.63, 3.8) is 0 Å². The van der Waals surface area contributed by atoms with Gasteiger partial charge in [0.05, 0.1) is 28.7 Å². The molecule has 4 rings (SSSR count). The van der Waals surface area contributed by atoms with E-state index in [4.69, 9.17) is 0 Å². The van der Waals surface area contributed by atoms with Gasteiger partial charge in [0.2, 0.25) is 0 Å². The van der Waals surface area contributed by atoms with Crippen LogP contribution in [-0.2, 0) is 6.18 Å². The van der Waals surface area contributed by atoms with Gasteiger partial charge in [-0.25, -0.2) is 4.68 Å². The zero-order valence-electron chi connectivity index (χ0n) is 15.6. The molecule has 0 spiro atoms. The van der Waals surface area contributed by atoms with Gasteiger partial charge in [-0.15, -0.1) is 0 Å². The summed E-state index contributed by atoms with van der Waals surface area (Å²) < 4.78 is 40.8. The third kappa shape index (κ3) is 3.78. The van der Waals surface area contributed by atoms with E-state index in [1.54, 1.807) is 6.07 Å². The SMILES string of the molecule is CC1CNCCC1NC(=O)c1cnn(-c2cccc(C(F)(F)F)c2)c1C1CC1. The van der Waals surface area contributed by atoms with E-state index in [1.807, 2.05) is 0 Å². The highest BCUT2D eigenvalue weighted by Crippen LogP contribution is 2.43. The second kappa shape index (κ2) is 7.24. The van der Waals surface area contributed by atoms with E-state index in [9.17, 15) is 18.0 Å². The van der Waals surface area contributed by atoms with E-state index in [0.29, 0.717) is 22.9 Å². The second-order valence-electron chi connectivity index (χ2n) is 7.73. The number of piperidine rings is 1. The van der Waals surface area contributed by atoms with E-state index < -0.39 is 11.7 Å². The molecule has 5 nitrogen and oxygen atoms in total. The van der Waals surface area contributed by atoms with Crippen LogP contribution in [0.4, 0.5) is 13.2 Å². The molecule has 1 saturated carbocycles. The molecule has 2 N–H and O–H groups in total. The molecule has 28 heavy (non-hydrogen) atoms. The van der Waals surface area contributed by atoms with Crippen molar-refractivity contribution in [2.45, 2.75) is 44.3 Å². The molecular formula is C20H23F3N4O. The van der Waals surface area contributed by atoms with Crippen molar-refractivity contribution in [2.75, 3.05) is 13.1 Å². The van der Waals surface area contributed by atoms with Crippen molar-refractivity contribution in [1.29, 1.82) is 0 Å².